The van der Waals surface area contributed by atoms with Crippen molar-refractivity contribution in [3.8, 4) is 5.75 Å². The molecule has 0 amide bonds. The van der Waals surface area contributed by atoms with Crippen molar-refractivity contribution < 1.29 is 28.1 Å². The molecule has 0 aliphatic heterocycles. The number of ether oxygens (including phenoxy) is 1. The Bertz CT molecular complexity index is 958. The fourth-order valence-electron chi connectivity index (χ4n) is 3.34. The van der Waals surface area contributed by atoms with Crippen molar-refractivity contribution in [3.05, 3.63) is 59.9 Å². The predicted octanol–water partition coefficient (Wildman–Crippen LogP) is 2.92. The number of benzene rings is 2. The molecule has 30 heavy (non-hydrogen) atoms. The lowest BCUT2D eigenvalue weighted by Gasteiger charge is -2.22. The summed E-state index contributed by atoms with van der Waals surface area (Å²) in [6.45, 7) is 0.632. The molecule has 0 saturated heterocycles. The standard InChI is InChI=1S/C21H24F3N3O3/c1-26(12-15-6-8-17(9-7-15)30-11-10-28)13-16(29)14-27-19-5-3-2-4-18(19)25-20(27)21(22,23)24/h2-9,16,28-29H,10-14H2,1H3/t16-/m1/s1. The summed E-state index contributed by atoms with van der Waals surface area (Å²) in [5.74, 6) is -0.369. The molecular weight excluding hydrogens is 399 g/mol. The summed E-state index contributed by atoms with van der Waals surface area (Å²) in [6.07, 6.45) is -5.62. The van der Waals surface area contributed by atoms with Crippen molar-refractivity contribution in [1.29, 1.82) is 0 Å². The molecule has 0 aliphatic rings. The second-order valence-electron chi connectivity index (χ2n) is 7.10. The SMILES string of the molecule is CN(Cc1ccc(OCCO)cc1)C[C@@H](O)Cn1c(C(F)(F)F)nc2ccccc21. The molecule has 162 valence electrons. The monoisotopic (exact) mass is 423 g/mol. The van der Waals surface area contributed by atoms with Crippen LogP contribution < -0.4 is 4.74 Å². The molecule has 0 aliphatic carbocycles. The van der Waals surface area contributed by atoms with Gasteiger partial charge in [0.2, 0.25) is 5.82 Å². The van der Waals surface area contributed by atoms with Crippen molar-refractivity contribution in [1.82, 2.24) is 14.5 Å². The third kappa shape index (κ3) is 5.50. The van der Waals surface area contributed by atoms with Crippen LogP contribution in [-0.4, -0.2) is 57.6 Å². The van der Waals surface area contributed by atoms with E-state index in [0.29, 0.717) is 17.8 Å². The van der Waals surface area contributed by atoms with Crippen LogP contribution in [0.2, 0.25) is 0 Å². The number of likely N-dealkylation sites (N-methyl/N-ethyl adjacent to an activating group) is 1. The van der Waals surface area contributed by atoms with Gasteiger partial charge in [-0.2, -0.15) is 13.2 Å². The van der Waals surface area contributed by atoms with E-state index in [0.717, 1.165) is 10.1 Å². The van der Waals surface area contributed by atoms with Crippen LogP contribution in [-0.2, 0) is 19.3 Å². The van der Waals surface area contributed by atoms with Crippen molar-refractivity contribution in [2.75, 3.05) is 26.8 Å². The van der Waals surface area contributed by atoms with Crippen LogP contribution in [0, 0.1) is 0 Å². The number of rotatable bonds is 9. The fraction of sp³-hybridized carbons (Fsp3) is 0.381. The number of hydrogen-bond donors (Lipinski definition) is 2. The fourth-order valence-corrected chi connectivity index (χ4v) is 3.34. The molecule has 3 aromatic rings. The molecule has 2 aromatic carbocycles. The van der Waals surface area contributed by atoms with Crippen molar-refractivity contribution >= 4 is 11.0 Å². The second-order valence-corrected chi connectivity index (χ2v) is 7.10. The summed E-state index contributed by atoms with van der Waals surface area (Å²) in [6, 6.07) is 13.6. The normalized spacial score (nSPS) is 13.2. The molecule has 3 rings (SSSR count). The quantitative estimate of drug-likeness (QED) is 0.554. The Kier molecular flexibility index (Phi) is 6.96. The number of aliphatic hydroxyl groups excluding tert-OH is 2. The lowest BCUT2D eigenvalue weighted by atomic mass is 10.2. The minimum atomic E-state index is -4.61. The highest BCUT2D eigenvalue weighted by molar-refractivity contribution is 5.76. The molecule has 1 atom stereocenters. The van der Waals surface area contributed by atoms with Gasteiger partial charge in [-0.05, 0) is 36.9 Å². The summed E-state index contributed by atoms with van der Waals surface area (Å²) in [4.78, 5) is 5.53. The number of nitrogens with zero attached hydrogens (tertiary/aromatic N) is 3. The number of halogens is 3. The van der Waals surface area contributed by atoms with Gasteiger partial charge in [0.15, 0.2) is 0 Å². The van der Waals surface area contributed by atoms with E-state index < -0.39 is 18.1 Å². The largest absolute Gasteiger partial charge is 0.491 e. The Morgan fingerprint density at radius 3 is 2.50 bits per heavy atom. The Hall–Kier alpha value is -2.62. The highest BCUT2D eigenvalue weighted by Crippen LogP contribution is 2.31. The van der Waals surface area contributed by atoms with Crippen LogP contribution in [0.15, 0.2) is 48.5 Å². The van der Waals surface area contributed by atoms with E-state index >= 15 is 0 Å². The van der Waals surface area contributed by atoms with Gasteiger partial charge < -0.3 is 19.5 Å². The van der Waals surface area contributed by atoms with Gasteiger partial charge in [-0.3, -0.25) is 4.90 Å². The average molecular weight is 423 g/mol. The molecule has 0 unspecified atom stereocenters. The molecule has 9 heteroatoms. The highest BCUT2D eigenvalue weighted by Gasteiger charge is 2.37. The van der Waals surface area contributed by atoms with Gasteiger partial charge in [0.05, 0.1) is 30.3 Å². The molecule has 0 bridgehead atoms. The first-order valence-electron chi connectivity index (χ1n) is 9.49. The third-order valence-corrected chi connectivity index (χ3v) is 4.56. The van der Waals surface area contributed by atoms with E-state index in [1.165, 1.54) is 6.07 Å². The minimum absolute atomic E-state index is 0.0648. The first-order valence-corrected chi connectivity index (χ1v) is 9.49. The molecule has 0 spiro atoms. The highest BCUT2D eigenvalue weighted by atomic mass is 19.4. The number of aliphatic hydroxyl groups is 2. The van der Waals surface area contributed by atoms with E-state index in [4.69, 9.17) is 9.84 Å². The number of imidazole rings is 1. The van der Waals surface area contributed by atoms with Gasteiger partial charge in [-0.25, -0.2) is 4.98 Å². The number of alkyl halides is 3. The summed E-state index contributed by atoms with van der Waals surface area (Å²) < 4.78 is 46.5. The summed E-state index contributed by atoms with van der Waals surface area (Å²) >= 11 is 0. The predicted molar refractivity (Wildman–Crippen MR) is 106 cm³/mol. The lowest BCUT2D eigenvalue weighted by Crippen LogP contribution is -2.32. The van der Waals surface area contributed by atoms with Crippen LogP contribution in [0.3, 0.4) is 0 Å². The maximum Gasteiger partial charge on any atom is 0.449 e. The number of hydrogen-bond acceptors (Lipinski definition) is 5. The van der Waals surface area contributed by atoms with E-state index in [1.807, 2.05) is 17.0 Å². The van der Waals surface area contributed by atoms with Gasteiger partial charge in [0.1, 0.15) is 12.4 Å². The molecular formula is C21H24F3N3O3. The van der Waals surface area contributed by atoms with Gasteiger partial charge in [0.25, 0.3) is 0 Å². The first-order chi connectivity index (χ1) is 14.3. The third-order valence-electron chi connectivity index (χ3n) is 4.56. The lowest BCUT2D eigenvalue weighted by molar-refractivity contribution is -0.147. The molecule has 0 saturated carbocycles. The molecule has 0 fully saturated rings. The minimum Gasteiger partial charge on any atom is -0.491 e. The van der Waals surface area contributed by atoms with Crippen LogP contribution >= 0.6 is 0 Å². The van der Waals surface area contributed by atoms with Crippen LogP contribution in [0.4, 0.5) is 13.2 Å². The molecule has 2 N–H and O–H groups in total. The Morgan fingerprint density at radius 1 is 1.13 bits per heavy atom. The number of para-hydroxylation sites is 2. The van der Waals surface area contributed by atoms with Crippen molar-refractivity contribution in [2.45, 2.75) is 25.4 Å². The van der Waals surface area contributed by atoms with E-state index in [2.05, 4.69) is 4.98 Å². The van der Waals surface area contributed by atoms with Gasteiger partial charge in [-0.15, -0.1) is 0 Å². The first kappa shape index (κ1) is 22.1. The number of fused-ring (bicyclic) bond motifs is 1. The zero-order valence-electron chi connectivity index (χ0n) is 16.5. The maximum atomic E-state index is 13.4. The smallest absolute Gasteiger partial charge is 0.449 e. The number of aromatic nitrogens is 2. The van der Waals surface area contributed by atoms with Crippen LogP contribution in [0.1, 0.15) is 11.4 Å². The second kappa shape index (κ2) is 9.46. The van der Waals surface area contributed by atoms with Gasteiger partial charge in [0, 0.05) is 13.1 Å². The average Bonchev–Trinajstić information content (AvgIpc) is 3.06. The Labute approximate surface area is 172 Å². The van der Waals surface area contributed by atoms with Crippen molar-refractivity contribution in [2.24, 2.45) is 0 Å². The van der Waals surface area contributed by atoms with E-state index in [-0.39, 0.29) is 31.8 Å². The molecule has 0 radical (unpaired) electrons. The van der Waals surface area contributed by atoms with E-state index in [9.17, 15) is 18.3 Å². The Balaban J connectivity index is 1.65. The molecule has 6 nitrogen and oxygen atoms in total. The zero-order valence-corrected chi connectivity index (χ0v) is 16.5. The molecule has 1 heterocycles. The topological polar surface area (TPSA) is 70.8 Å². The van der Waals surface area contributed by atoms with Crippen LogP contribution in [0.5, 0.6) is 5.75 Å². The van der Waals surface area contributed by atoms with Crippen molar-refractivity contribution in [3.63, 3.8) is 0 Å². The van der Waals surface area contributed by atoms with Gasteiger partial charge in [-0.1, -0.05) is 24.3 Å². The molecule has 1 aromatic heterocycles. The zero-order chi connectivity index (χ0) is 21.7. The maximum absolute atomic E-state index is 13.4. The summed E-state index contributed by atoms with van der Waals surface area (Å²) in [7, 11) is 1.79. The summed E-state index contributed by atoms with van der Waals surface area (Å²) in [5.41, 5.74) is 1.55. The van der Waals surface area contributed by atoms with Gasteiger partial charge >= 0.3 is 6.18 Å². The Morgan fingerprint density at radius 2 is 1.83 bits per heavy atom. The summed E-state index contributed by atoms with van der Waals surface area (Å²) in [5, 5.41) is 19.2. The van der Waals surface area contributed by atoms with Crippen LogP contribution in [0.25, 0.3) is 11.0 Å². The van der Waals surface area contributed by atoms with E-state index in [1.54, 1.807) is 37.4 Å².